The van der Waals surface area contributed by atoms with Gasteiger partial charge in [0.1, 0.15) is 0 Å². The number of hydrazone groups is 1. The summed E-state index contributed by atoms with van der Waals surface area (Å²) in [7, 11) is 0. The van der Waals surface area contributed by atoms with Gasteiger partial charge < -0.3 is 20.1 Å². The number of amides is 3. The maximum absolute atomic E-state index is 12.3. The van der Waals surface area contributed by atoms with Crippen LogP contribution in [0.4, 0.5) is 11.4 Å². The number of carbonyl (C=O) groups excluding carboxylic acids is 3. The van der Waals surface area contributed by atoms with E-state index in [9.17, 15) is 14.4 Å². The number of nitrogens with zero attached hydrogens (tertiary/aromatic N) is 1. The molecule has 0 spiro atoms. The highest BCUT2D eigenvalue weighted by molar-refractivity contribution is 9.10. The lowest BCUT2D eigenvalue weighted by Gasteiger charge is -2.13. The Bertz CT molecular complexity index is 1340. The molecule has 0 fully saturated rings. The number of benzene rings is 3. The number of aryl methyl sites for hydroxylation is 2. The Hall–Kier alpha value is -4.18. The fourth-order valence-electron chi connectivity index (χ4n) is 3.40. The molecule has 3 N–H and O–H groups in total. The SMILES string of the molecule is CCOc1cc(/C=N\NC(=O)C(=O)Nc2ccccc2CC)ccc1OCC(=O)Nc1ccc(Br)c(C)c1. The highest BCUT2D eigenvalue weighted by atomic mass is 79.9. The molecule has 0 radical (unpaired) electrons. The second kappa shape index (κ2) is 13.9. The van der Waals surface area contributed by atoms with Gasteiger partial charge in [-0.15, -0.1) is 0 Å². The van der Waals surface area contributed by atoms with Crippen molar-refractivity contribution in [2.24, 2.45) is 5.10 Å². The molecule has 0 saturated carbocycles. The third-order valence-electron chi connectivity index (χ3n) is 5.30. The van der Waals surface area contributed by atoms with Crippen molar-refractivity contribution < 1.29 is 23.9 Å². The molecule has 0 saturated heterocycles. The summed E-state index contributed by atoms with van der Waals surface area (Å²) in [6.45, 7) is 5.87. The average molecular weight is 581 g/mol. The second-order valence-electron chi connectivity index (χ2n) is 8.10. The number of anilines is 2. The fourth-order valence-corrected chi connectivity index (χ4v) is 3.65. The monoisotopic (exact) mass is 580 g/mol. The molecule has 0 aliphatic carbocycles. The number of hydrogen-bond donors (Lipinski definition) is 3. The van der Waals surface area contributed by atoms with Gasteiger partial charge in [-0.3, -0.25) is 14.4 Å². The van der Waals surface area contributed by atoms with Crippen molar-refractivity contribution in [1.82, 2.24) is 5.43 Å². The quantitative estimate of drug-likeness (QED) is 0.180. The Morgan fingerprint density at radius 2 is 1.71 bits per heavy atom. The minimum atomic E-state index is -0.899. The van der Waals surface area contributed by atoms with Gasteiger partial charge in [0.25, 0.3) is 5.91 Å². The smallest absolute Gasteiger partial charge is 0.329 e. The minimum absolute atomic E-state index is 0.213. The first kappa shape index (κ1) is 28.4. The summed E-state index contributed by atoms with van der Waals surface area (Å²) in [4.78, 5) is 36.7. The van der Waals surface area contributed by atoms with Crippen LogP contribution in [-0.4, -0.2) is 37.1 Å². The van der Waals surface area contributed by atoms with Gasteiger partial charge in [-0.05, 0) is 79.4 Å². The molecule has 0 aliphatic rings. The van der Waals surface area contributed by atoms with Crippen LogP contribution in [0.2, 0.25) is 0 Å². The molecule has 0 bridgehead atoms. The zero-order chi connectivity index (χ0) is 27.5. The lowest BCUT2D eigenvalue weighted by molar-refractivity contribution is -0.136. The van der Waals surface area contributed by atoms with E-state index in [1.54, 1.807) is 36.4 Å². The third kappa shape index (κ3) is 8.17. The van der Waals surface area contributed by atoms with Crippen LogP contribution in [0.15, 0.2) is 70.2 Å². The molecule has 3 aromatic carbocycles. The van der Waals surface area contributed by atoms with Crippen LogP contribution in [0.25, 0.3) is 0 Å². The molecule has 38 heavy (non-hydrogen) atoms. The minimum Gasteiger partial charge on any atom is -0.490 e. The van der Waals surface area contributed by atoms with Gasteiger partial charge in [0.15, 0.2) is 18.1 Å². The Morgan fingerprint density at radius 3 is 2.45 bits per heavy atom. The molecule has 0 atom stereocenters. The average Bonchev–Trinajstić information content (AvgIpc) is 2.90. The van der Waals surface area contributed by atoms with Crippen molar-refractivity contribution in [2.45, 2.75) is 27.2 Å². The normalized spacial score (nSPS) is 10.6. The van der Waals surface area contributed by atoms with E-state index in [4.69, 9.17) is 9.47 Å². The van der Waals surface area contributed by atoms with Crippen LogP contribution < -0.4 is 25.5 Å². The van der Waals surface area contributed by atoms with Crippen LogP contribution in [-0.2, 0) is 20.8 Å². The van der Waals surface area contributed by atoms with E-state index in [0.717, 1.165) is 15.6 Å². The topological polar surface area (TPSA) is 118 Å². The number of hydrogen-bond acceptors (Lipinski definition) is 6. The molecule has 0 aromatic heterocycles. The number of ether oxygens (including phenoxy) is 2. The van der Waals surface area contributed by atoms with Gasteiger partial charge in [-0.25, -0.2) is 5.43 Å². The predicted octanol–water partition coefficient (Wildman–Crippen LogP) is 4.82. The third-order valence-corrected chi connectivity index (χ3v) is 6.19. The van der Waals surface area contributed by atoms with Crippen LogP contribution in [0.5, 0.6) is 11.5 Å². The van der Waals surface area contributed by atoms with Crippen molar-refractivity contribution in [1.29, 1.82) is 0 Å². The maximum atomic E-state index is 12.3. The standard InChI is InChI=1S/C28H29BrN4O5/c1-4-20-8-6-7-9-23(20)32-27(35)28(36)33-30-16-19-10-13-24(25(15-19)37-5-2)38-17-26(34)31-21-11-12-22(29)18(3)14-21/h6-16H,4-5,17H2,1-3H3,(H,31,34)(H,32,35)(H,33,36)/b30-16-. The first-order valence-corrected chi connectivity index (χ1v) is 12.8. The Balaban J connectivity index is 1.57. The first-order valence-electron chi connectivity index (χ1n) is 12.0. The number of nitrogens with one attached hydrogen (secondary N) is 3. The lowest BCUT2D eigenvalue weighted by atomic mass is 10.1. The Kier molecular flexibility index (Phi) is 10.4. The second-order valence-corrected chi connectivity index (χ2v) is 8.96. The van der Waals surface area contributed by atoms with Crippen molar-refractivity contribution in [3.8, 4) is 11.5 Å². The summed E-state index contributed by atoms with van der Waals surface area (Å²) >= 11 is 3.43. The van der Waals surface area contributed by atoms with Crippen LogP contribution in [0.1, 0.15) is 30.5 Å². The first-order chi connectivity index (χ1) is 18.3. The fraction of sp³-hybridized carbons (Fsp3) is 0.214. The zero-order valence-electron chi connectivity index (χ0n) is 21.3. The van der Waals surface area contributed by atoms with Gasteiger partial charge >= 0.3 is 11.8 Å². The van der Waals surface area contributed by atoms with Gasteiger partial charge in [0, 0.05) is 15.8 Å². The lowest BCUT2D eigenvalue weighted by Crippen LogP contribution is -2.32. The van der Waals surface area contributed by atoms with E-state index < -0.39 is 11.8 Å². The summed E-state index contributed by atoms with van der Waals surface area (Å²) in [6.07, 6.45) is 2.09. The molecule has 198 valence electrons. The number of halogens is 1. The molecule has 0 unspecified atom stereocenters. The van der Waals surface area contributed by atoms with Crippen molar-refractivity contribution >= 4 is 51.2 Å². The van der Waals surface area contributed by atoms with E-state index >= 15 is 0 Å². The van der Waals surface area contributed by atoms with E-state index in [-0.39, 0.29) is 12.5 Å². The summed E-state index contributed by atoms with van der Waals surface area (Å²) in [5.41, 5.74) is 5.97. The Morgan fingerprint density at radius 1 is 0.921 bits per heavy atom. The summed E-state index contributed by atoms with van der Waals surface area (Å²) in [5, 5.41) is 9.25. The van der Waals surface area contributed by atoms with E-state index in [1.165, 1.54) is 6.21 Å². The van der Waals surface area contributed by atoms with Crippen molar-refractivity contribution in [3.63, 3.8) is 0 Å². The number of carbonyl (C=O) groups is 3. The van der Waals surface area contributed by atoms with Crippen LogP contribution in [0, 0.1) is 6.92 Å². The molecule has 10 heteroatoms. The molecular formula is C28H29BrN4O5. The van der Waals surface area contributed by atoms with Crippen molar-refractivity contribution in [2.75, 3.05) is 23.8 Å². The predicted molar refractivity (Wildman–Crippen MR) is 151 cm³/mol. The number of para-hydroxylation sites is 1. The molecule has 3 rings (SSSR count). The van der Waals surface area contributed by atoms with Crippen LogP contribution in [0.3, 0.4) is 0 Å². The van der Waals surface area contributed by atoms with Crippen molar-refractivity contribution in [3.05, 3.63) is 81.8 Å². The molecule has 0 aliphatic heterocycles. The number of rotatable bonds is 10. The van der Waals surface area contributed by atoms with E-state index in [0.29, 0.717) is 41.5 Å². The summed E-state index contributed by atoms with van der Waals surface area (Å²) in [6, 6.07) is 17.7. The summed E-state index contributed by atoms with van der Waals surface area (Å²) in [5.74, 6) is -1.25. The highest BCUT2D eigenvalue weighted by Crippen LogP contribution is 2.28. The molecule has 3 amide bonds. The van der Waals surface area contributed by atoms with Crippen LogP contribution >= 0.6 is 15.9 Å². The molecule has 9 nitrogen and oxygen atoms in total. The van der Waals surface area contributed by atoms with E-state index in [1.807, 2.05) is 45.0 Å². The molecule has 3 aromatic rings. The van der Waals surface area contributed by atoms with Gasteiger partial charge in [0.05, 0.1) is 12.8 Å². The van der Waals surface area contributed by atoms with Gasteiger partial charge in [0.2, 0.25) is 0 Å². The van der Waals surface area contributed by atoms with Gasteiger partial charge in [-0.2, -0.15) is 5.10 Å². The van der Waals surface area contributed by atoms with Gasteiger partial charge in [-0.1, -0.05) is 41.1 Å². The summed E-state index contributed by atoms with van der Waals surface area (Å²) < 4.78 is 12.3. The van der Waals surface area contributed by atoms with E-state index in [2.05, 4.69) is 37.1 Å². The highest BCUT2D eigenvalue weighted by Gasteiger charge is 2.14. The Labute approximate surface area is 229 Å². The largest absolute Gasteiger partial charge is 0.490 e. The molecule has 0 heterocycles. The molecular weight excluding hydrogens is 552 g/mol. The maximum Gasteiger partial charge on any atom is 0.329 e. The zero-order valence-corrected chi connectivity index (χ0v) is 22.9.